The molecule has 24 heavy (non-hydrogen) atoms. The predicted molar refractivity (Wildman–Crippen MR) is 89.6 cm³/mol. The highest BCUT2D eigenvalue weighted by molar-refractivity contribution is 5.66. The molecular formula is C18H23N3O3. The van der Waals surface area contributed by atoms with E-state index in [1.54, 1.807) is 12.4 Å². The fourth-order valence-electron chi connectivity index (χ4n) is 3.38. The summed E-state index contributed by atoms with van der Waals surface area (Å²) in [4.78, 5) is 15.1. The Kier molecular flexibility index (Phi) is 5.46. The smallest absolute Gasteiger partial charge is 0.303 e. The average Bonchev–Trinajstić information content (AvgIpc) is 3.14. The van der Waals surface area contributed by atoms with E-state index in [4.69, 9.17) is 9.84 Å². The molecule has 2 aromatic rings. The molecule has 1 aliphatic carbocycles. The van der Waals surface area contributed by atoms with Crippen molar-refractivity contribution in [2.45, 2.75) is 38.5 Å². The van der Waals surface area contributed by atoms with Gasteiger partial charge in [-0.25, -0.2) is 0 Å². The minimum Gasteiger partial charge on any atom is -0.492 e. The van der Waals surface area contributed by atoms with E-state index in [1.165, 1.54) is 0 Å². The number of carboxylic acid groups (broad SMARTS) is 1. The number of aliphatic carboxylic acids is 1. The van der Waals surface area contributed by atoms with Gasteiger partial charge in [0.25, 0.3) is 0 Å². The van der Waals surface area contributed by atoms with Gasteiger partial charge in [0, 0.05) is 12.6 Å². The summed E-state index contributed by atoms with van der Waals surface area (Å²) in [6.07, 6.45) is 9.02. The number of pyridine rings is 1. The molecule has 2 atom stereocenters. The van der Waals surface area contributed by atoms with Crippen molar-refractivity contribution in [2.75, 3.05) is 6.61 Å². The van der Waals surface area contributed by atoms with Crippen molar-refractivity contribution in [3.8, 4) is 17.1 Å². The minimum absolute atomic E-state index is 0.275. The third kappa shape index (κ3) is 4.57. The van der Waals surface area contributed by atoms with Gasteiger partial charge >= 0.3 is 5.97 Å². The Bertz CT molecular complexity index is 640. The molecular weight excluding hydrogens is 306 g/mol. The number of carbonyl (C=O) groups is 1. The predicted octanol–water partition coefficient (Wildman–Crippen LogP) is 3.52. The van der Waals surface area contributed by atoms with Gasteiger partial charge < -0.3 is 9.84 Å². The number of aromatic nitrogens is 3. The van der Waals surface area contributed by atoms with Crippen molar-refractivity contribution in [3.05, 3.63) is 30.6 Å². The van der Waals surface area contributed by atoms with Gasteiger partial charge in [-0.2, -0.15) is 5.10 Å². The highest BCUT2D eigenvalue weighted by Gasteiger charge is 2.23. The van der Waals surface area contributed by atoms with E-state index < -0.39 is 5.97 Å². The van der Waals surface area contributed by atoms with Crippen LogP contribution >= 0.6 is 0 Å². The maximum absolute atomic E-state index is 10.7. The zero-order valence-electron chi connectivity index (χ0n) is 13.6. The van der Waals surface area contributed by atoms with Crippen LogP contribution in [-0.4, -0.2) is 32.9 Å². The fraction of sp³-hybridized carbons (Fsp3) is 0.500. The first-order chi connectivity index (χ1) is 11.7. The number of nitrogens with one attached hydrogen (secondary N) is 1. The van der Waals surface area contributed by atoms with Gasteiger partial charge in [0.05, 0.1) is 24.2 Å². The fourth-order valence-corrected chi connectivity index (χ4v) is 3.38. The lowest BCUT2D eigenvalue weighted by molar-refractivity contribution is -0.137. The van der Waals surface area contributed by atoms with Crippen molar-refractivity contribution in [3.63, 3.8) is 0 Å². The van der Waals surface area contributed by atoms with Crippen LogP contribution < -0.4 is 4.74 Å². The van der Waals surface area contributed by atoms with Gasteiger partial charge in [-0.15, -0.1) is 0 Å². The lowest BCUT2D eigenvalue weighted by Crippen LogP contribution is -2.21. The van der Waals surface area contributed by atoms with Gasteiger partial charge in [0.1, 0.15) is 5.75 Å². The topological polar surface area (TPSA) is 88.1 Å². The summed E-state index contributed by atoms with van der Waals surface area (Å²) in [7, 11) is 0. The Labute approximate surface area is 141 Å². The van der Waals surface area contributed by atoms with E-state index in [0.29, 0.717) is 18.4 Å². The van der Waals surface area contributed by atoms with Crippen LogP contribution in [0.5, 0.6) is 5.75 Å². The summed E-state index contributed by atoms with van der Waals surface area (Å²) in [6.45, 7) is 0.675. The van der Waals surface area contributed by atoms with E-state index in [-0.39, 0.29) is 6.42 Å². The molecule has 3 rings (SSSR count). The number of hydrogen-bond donors (Lipinski definition) is 2. The summed E-state index contributed by atoms with van der Waals surface area (Å²) >= 11 is 0. The molecule has 2 aromatic heterocycles. The SMILES string of the molecule is O=C(O)CC[C@H]1CCC[C@@H](COc2ccc(-c3ccn[nH]3)nc2)C1. The quantitative estimate of drug-likeness (QED) is 0.811. The number of nitrogens with zero attached hydrogens (tertiary/aromatic N) is 2. The molecule has 2 heterocycles. The molecule has 0 spiro atoms. The molecule has 0 amide bonds. The number of hydrogen-bond acceptors (Lipinski definition) is 4. The van der Waals surface area contributed by atoms with Gasteiger partial charge in [0.15, 0.2) is 0 Å². The van der Waals surface area contributed by atoms with E-state index in [1.807, 2.05) is 18.2 Å². The van der Waals surface area contributed by atoms with Crippen LogP contribution in [0.15, 0.2) is 30.6 Å². The van der Waals surface area contributed by atoms with Crippen LogP contribution in [0.1, 0.15) is 38.5 Å². The second kappa shape index (κ2) is 7.95. The largest absolute Gasteiger partial charge is 0.492 e. The summed E-state index contributed by atoms with van der Waals surface area (Å²) in [5.41, 5.74) is 1.72. The van der Waals surface area contributed by atoms with E-state index in [0.717, 1.165) is 49.2 Å². The molecule has 6 nitrogen and oxygen atoms in total. The van der Waals surface area contributed by atoms with Crippen molar-refractivity contribution in [1.82, 2.24) is 15.2 Å². The number of H-pyrrole nitrogens is 1. The molecule has 0 bridgehead atoms. The molecule has 0 saturated heterocycles. The monoisotopic (exact) mass is 329 g/mol. The van der Waals surface area contributed by atoms with Crippen LogP contribution in [-0.2, 0) is 4.79 Å². The number of aromatic amines is 1. The number of rotatable bonds is 7. The summed E-state index contributed by atoms with van der Waals surface area (Å²) in [5, 5.41) is 15.6. The van der Waals surface area contributed by atoms with Crippen LogP contribution in [0.4, 0.5) is 0 Å². The first-order valence-electron chi connectivity index (χ1n) is 8.51. The second-order valence-electron chi connectivity index (χ2n) is 6.49. The molecule has 0 aromatic carbocycles. The van der Waals surface area contributed by atoms with Crippen LogP contribution in [0.3, 0.4) is 0 Å². The Morgan fingerprint density at radius 2 is 2.17 bits per heavy atom. The molecule has 128 valence electrons. The Hall–Kier alpha value is -2.37. The maximum Gasteiger partial charge on any atom is 0.303 e. The molecule has 6 heteroatoms. The van der Waals surface area contributed by atoms with E-state index in [9.17, 15) is 4.79 Å². The Balaban J connectivity index is 1.47. The first-order valence-corrected chi connectivity index (χ1v) is 8.51. The zero-order valence-corrected chi connectivity index (χ0v) is 13.6. The minimum atomic E-state index is -0.697. The Morgan fingerprint density at radius 3 is 2.88 bits per heavy atom. The lowest BCUT2D eigenvalue weighted by atomic mass is 9.80. The Morgan fingerprint density at radius 1 is 1.29 bits per heavy atom. The van der Waals surface area contributed by atoms with Crippen molar-refractivity contribution >= 4 is 5.97 Å². The number of ether oxygens (including phenoxy) is 1. The summed E-state index contributed by atoms with van der Waals surface area (Å²) in [5.74, 6) is 1.09. The van der Waals surface area contributed by atoms with Crippen LogP contribution in [0.25, 0.3) is 11.4 Å². The van der Waals surface area contributed by atoms with Crippen molar-refractivity contribution in [1.29, 1.82) is 0 Å². The summed E-state index contributed by atoms with van der Waals surface area (Å²) < 4.78 is 5.89. The molecule has 1 saturated carbocycles. The summed E-state index contributed by atoms with van der Waals surface area (Å²) in [6, 6.07) is 5.72. The zero-order chi connectivity index (χ0) is 16.8. The maximum atomic E-state index is 10.7. The van der Waals surface area contributed by atoms with Gasteiger partial charge in [-0.3, -0.25) is 14.9 Å². The third-order valence-corrected chi connectivity index (χ3v) is 4.66. The van der Waals surface area contributed by atoms with Gasteiger partial charge in [-0.1, -0.05) is 12.8 Å². The molecule has 0 radical (unpaired) electrons. The highest BCUT2D eigenvalue weighted by atomic mass is 16.5. The van der Waals surface area contributed by atoms with Gasteiger partial charge in [-0.05, 0) is 49.3 Å². The van der Waals surface area contributed by atoms with Crippen molar-refractivity contribution < 1.29 is 14.6 Å². The standard InChI is InChI=1S/C18H23N3O3/c22-18(23)7-4-13-2-1-3-14(10-13)12-24-15-5-6-16(19-11-15)17-8-9-20-21-17/h5-6,8-9,11,13-14H,1-4,7,10,12H2,(H,20,21)(H,22,23)/t13-,14-/m1/s1. The van der Waals surface area contributed by atoms with Crippen LogP contribution in [0, 0.1) is 11.8 Å². The highest BCUT2D eigenvalue weighted by Crippen LogP contribution is 2.32. The molecule has 2 N–H and O–H groups in total. The first kappa shape index (κ1) is 16.5. The lowest BCUT2D eigenvalue weighted by Gasteiger charge is -2.28. The van der Waals surface area contributed by atoms with E-state index >= 15 is 0 Å². The second-order valence-corrected chi connectivity index (χ2v) is 6.49. The van der Waals surface area contributed by atoms with E-state index in [2.05, 4.69) is 15.2 Å². The van der Waals surface area contributed by atoms with Crippen LogP contribution in [0.2, 0.25) is 0 Å². The molecule has 0 aliphatic heterocycles. The third-order valence-electron chi connectivity index (χ3n) is 4.66. The molecule has 0 unspecified atom stereocenters. The van der Waals surface area contributed by atoms with Crippen molar-refractivity contribution in [2.24, 2.45) is 11.8 Å². The van der Waals surface area contributed by atoms with Gasteiger partial charge in [0.2, 0.25) is 0 Å². The number of carboxylic acids is 1. The average molecular weight is 329 g/mol. The molecule has 1 fully saturated rings. The normalized spacial score (nSPS) is 20.7. The molecule has 1 aliphatic rings.